The molecule has 0 radical (unpaired) electrons. The first-order valence-corrected chi connectivity index (χ1v) is 8.90. The Labute approximate surface area is 171 Å². The number of benzene rings is 2. The summed E-state index contributed by atoms with van der Waals surface area (Å²) < 4.78 is 47.2. The van der Waals surface area contributed by atoms with Gasteiger partial charge in [-0.05, 0) is 23.8 Å². The van der Waals surface area contributed by atoms with Gasteiger partial charge in [-0.1, -0.05) is 29.8 Å². The Balaban J connectivity index is 1.90. The average molecular weight is 437 g/mol. The van der Waals surface area contributed by atoms with Gasteiger partial charge in [-0.3, -0.25) is 9.48 Å². The molecule has 2 aromatic heterocycles. The quantitative estimate of drug-likeness (QED) is 0.451. The fourth-order valence-electron chi connectivity index (χ4n) is 3.08. The van der Waals surface area contributed by atoms with Crippen molar-refractivity contribution in [1.82, 2.24) is 9.78 Å². The maximum absolute atomic E-state index is 13.7. The molecule has 6 nitrogen and oxygen atoms in total. The van der Waals surface area contributed by atoms with Gasteiger partial charge in [-0.25, -0.2) is 0 Å². The van der Waals surface area contributed by atoms with Crippen molar-refractivity contribution in [3.63, 3.8) is 0 Å². The molecule has 0 unspecified atom stereocenters. The zero-order chi connectivity index (χ0) is 21.6. The minimum Gasteiger partial charge on any atom is -0.504 e. The van der Waals surface area contributed by atoms with Gasteiger partial charge in [0.1, 0.15) is 0 Å². The molecule has 2 aromatic carbocycles. The van der Waals surface area contributed by atoms with Crippen molar-refractivity contribution >= 4 is 22.6 Å². The van der Waals surface area contributed by atoms with Crippen molar-refractivity contribution in [2.45, 2.75) is 12.7 Å². The van der Waals surface area contributed by atoms with Crippen LogP contribution in [0.2, 0.25) is 5.02 Å². The molecule has 0 bridgehead atoms. The van der Waals surface area contributed by atoms with Gasteiger partial charge in [-0.2, -0.15) is 18.3 Å². The largest absolute Gasteiger partial charge is 0.504 e. The van der Waals surface area contributed by atoms with Crippen LogP contribution in [0.3, 0.4) is 0 Å². The van der Waals surface area contributed by atoms with Crippen LogP contribution in [0, 0.1) is 0 Å². The Bertz CT molecular complexity index is 1330. The van der Waals surface area contributed by atoms with Crippen molar-refractivity contribution in [3.05, 3.63) is 75.4 Å². The van der Waals surface area contributed by atoms with Gasteiger partial charge in [0, 0.05) is 16.8 Å². The van der Waals surface area contributed by atoms with Crippen molar-refractivity contribution in [3.8, 4) is 22.6 Å². The van der Waals surface area contributed by atoms with Gasteiger partial charge in [0.2, 0.25) is 16.9 Å². The molecule has 0 aliphatic carbocycles. The fourth-order valence-corrected chi connectivity index (χ4v) is 3.27. The molecule has 0 saturated carbocycles. The van der Waals surface area contributed by atoms with E-state index in [4.69, 9.17) is 16.0 Å². The third kappa shape index (κ3) is 3.37. The summed E-state index contributed by atoms with van der Waals surface area (Å²) in [6, 6.07) is 8.98. The number of aromatic nitrogens is 2. The molecule has 0 saturated heterocycles. The summed E-state index contributed by atoms with van der Waals surface area (Å²) in [6.45, 7) is 0.175. The molecule has 0 spiro atoms. The number of hydrogen-bond acceptors (Lipinski definition) is 5. The molecule has 2 N–H and O–H groups in total. The third-order valence-electron chi connectivity index (χ3n) is 4.48. The number of hydrogen-bond donors (Lipinski definition) is 2. The summed E-state index contributed by atoms with van der Waals surface area (Å²) in [5, 5.41) is 23.6. The first-order chi connectivity index (χ1) is 14.2. The van der Waals surface area contributed by atoms with Gasteiger partial charge < -0.3 is 14.6 Å². The SMILES string of the molecule is O=c1c(-c2cnn(Cc3ccccc3Cl)c2)c(C(F)(F)F)oc2c(O)c(O)ccc12. The molecule has 4 aromatic rings. The summed E-state index contributed by atoms with van der Waals surface area (Å²) in [5.74, 6) is -3.26. The number of aromatic hydroxyl groups is 2. The topological polar surface area (TPSA) is 88.5 Å². The molecule has 0 atom stereocenters. The zero-order valence-corrected chi connectivity index (χ0v) is 15.7. The molecule has 0 amide bonds. The highest BCUT2D eigenvalue weighted by Crippen LogP contribution is 2.40. The Morgan fingerprint density at radius 2 is 1.87 bits per heavy atom. The van der Waals surface area contributed by atoms with E-state index in [1.54, 1.807) is 24.3 Å². The summed E-state index contributed by atoms with van der Waals surface area (Å²) >= 11 is 6.10. The van der Waals surface area contributed by atoms with Gasteiger partial charge in [0.05, 0.1) is 23.7 Å². The maximum atomic E-state index is 13.7. The zero-order valence-electron chi connectivity index (χ0n) is 14.9. The summed E-state index contributed by atoms with van der Waals surface area (Å²) in [4.78, 5) is 12.9. The predicted molar refractivity (Wildman–Crippen MR) is 103 cm³/mol. The standard InChI is InChI=1S/C20H12ClF3N2O4/c21-13-4-2-1-3-10(13)8-26-9-11(7-25-26)15-16(28)12-5-6-14(27)17(29)18(12)30-19(15)20(22,23)24/h1-7,9,27,29H,8H2. The highest BCUT2D eigenvalue weighted by atomic mass is 35.5. The van der Waals surface area contributed by atoms with Crippen LogP contribution in [-0.2, 0) is 12.7 Å². The fraction of sp³-hybridized carbons (Fsp3) is 0.100. The molecule has 0 aliphatic heterocycles. The molecule has 0 aliphatic rings. The Kier molecular flexibility index (Phi) is 4.70. The maximum Gasteiger partial charge on any atom is 0.450 e. The number of fused-ring (bicyclic) bond motifs is 1. The minimum absolute atomic E-state index is 0.113. The van der Waals surface area contributed by atoms with Crippen LogP contribution in [0.15, 0.2) is 58.0 Å². The number of phenolic OH excluding ortho intramolecular Hbond substituents is 2. The van der Waals surface area contributed by atoms with Crippen molar-refractivity contribution in [1.29, 1.82) is 0 Å². The van der Waals surface area contributed by atoms with Crippen molar-refractivity contribution in [2.24, 2.45) is 0 Å². The first-order valence-electron chi connectivity index (χ1n) is 8.52. The molecule has 154 valence electrons. The Morgan fingerprint density at radius 3 is 2.57 bits per heavy atom. The van der Waals surface area contributed by atoms with Crippen LogP contribution in [0.1, 0.15) is 11.3 Å². The molecule has 30 heavy (non-hydrogen) atoms. The summed E-state index contributed by atoms with van der Waals surface area (Å²) in [7, 11) is 0. The predicted octanol–water partition coefficient (Wildman–Crippen LogP) is 4.79. The third-order valence-corrected chi connectivity index (χ3v) is 4.85. The lowest BCUT2D eigenvalue weighted by atomic mass is 10.0. The van der Waals surface area contributed by atoms with Crippen LogP contribution in [-0.4, -0.2) is 20.0 Å². The van der Waals surface area contributed by atoms with Crippen LogP contribution in [0.5, 0.6) is 11.5 Å². The highest BCUT2D eigenvalue weighted by Gasteiger charge is 2.40. The van der Waals surface area contributed by atoms with Gasteiger partial charge in [-0.15, -0.1) is 0 Å². The van der Waals surface area contributed by atoms with Crippen LogP contribution in [0.25, 0.3) is 22.1 Å². The van der Waals surface area contributed by atoms with E-state index in [-0.39, 0.29) is 17.5 Å². The van der Waals surface area contributed by atoms with Crippen molar-refractivity contribution in [2.75, 3.05) is 0 Å². The number of alkyl halides is 3. The van der Waals surface area contributed by atoms with E-state index in [1.807, 2.05) is 0 Å². The molecule has 0 fully saturated rings. The first kappa shape index (κ1) is 19.8. The molecular weight excluding hydrogens is 425 g/mol. The highest BCUT2D eigenvalue weighted by molar-refractivity contribution is 6.31. The Morgan fingerprint density at radius 1 is 1.13 bits per heavy atom. The second-order valence-electron chi connectivity index (χ2n) is 6.46. The monoisotopic (exact) mass is 436 g/mol. The number of phenols is 2. The Hall–Kier alpha value is -3.46. The van der Waals surface area contributed by atoms with E-state index in [0.29, 0.717) is 10.6 Å². The number of halogens is 4. The lowest BCUT2D eigenvalue weighted by molar-refractivity contribution is -0.152. The molecule has 2 heterocycles. The number of nitrogens with zero attached hydrogens (tertiary/aromatic N) is 2. The van der Waals surface area contributed by atoms with Crippen LogP contribution < -0.4 is 5.43 Å². The molecule has 4 rings (SSSR count). The second-order valence-corrected chi connectivity index (χ2v) is 6.87. The smallest absolute Gasteiger partial charge is 0.450 e. The minimum atomic E-state index is -5.04. The normalized spacial score (nSPS) is 11.9. The lowest BCUT2D eigenvalue weighted by Gasteiger charge is -2.12. The van der Waals surface area contributed by atoms with Crippen molar-refractivity contribution < 1.29 is 27.8 Å². The van der Waals surface area contributed by atoms with Gasteiger partial charge in [0.15, 0.2) is 11.3 Å². The van der Waals surface area contributed by atoms with Crippen LogP contribution in [0.4, 0.5) is 13.2 Å². The van der Waals surface area contributed by atoms with E-state index in [2.05, 4.69) is 5.10 Å². The summed E-state index contributed by atoms with van der Waals surface area (Å²) in [5.41, 5.74) is -1.94. The van der Waals surface area contributed by atoms with Gasteiger partial charge >= 0.3 is 6.18 Å². The van der Waals surface area contributed by atoms with E-state index in [0.717, 1.165) is 18.3 Å². The lowest BCUT2D eigenvalue weighted by Crippen LogP contribution is -2.16. The van der Waals surface area contributed by atoms with E-state index < -0.39 is 40.0 Å². The van der Waals surface area contributed by atoms with Gasteiger partial charge in [0.25, 0.3) is 0 Å². The van der Waals surface area contributed by atoms with Crippen LogP contribution >= 0.6 is 11.6 Å². The average Bonchev–Trinajstić information content (AvgIpc) is 3.14. The molecule has 10 heteroatoms. The molecular formula is C20H12ClF3N2O4. The number of rotatable bonds is 3. The second kappa shape index (κ2) is 7.10. The summed E-state index contributed by atoms with van der Waals surface area (Å²) in [6.07, 6.45) is -2.65. The van der Waals surface area contributed by atoms with E-state index >= 15 is 0 Å². The van der Waals surface area contributed by atoms with E-state index in [1.165, 1.54) is 10.9 Å². The van der Waals surface area contributed by atoms with E-state index in [9.17, 15) is 28.2 Å².